The van der Waals surface area contributed by atoms with Crippen LogP contribution in [0, 0.1) is 5.92 Å². The Morgan fingerprint density at radius 2 is 1.60 bits per heavy atom. The molecule has 0 radical (unpaired) electrons. The fourth-order valence-corrected chi connectivity index (χ4v) is 2.12. The largest absolute Gasteiger partial charge is 0.490 e. The molecule has 0 amide bonds. The van der Waals surface area contributed by atoms with Gasteiger partial charge in [0.05, 0.1) is 5.92 Å². The van der Waals surface area contributed by atoms with Crippen LogP contribution in [-0.2, 0) is 11.2 Å². The molecule has 3 nitrogen and oxygen atoms in total. The van der Waals surface area contributed by atoms with E-state index in [4.69, 9.17) is 4.74 Å². The second-order valence-corrected chi connectivity index (χ2v) is 4.77. The summed E-state index contributed by atoms with van der Waals surface area (Å²) in [5, 5.41) is 9.40. The predicted molar refractivity (Wildman–Crippen MR) is 77.8 cm³/mol. The van der Waals surface area contributed by atoms with Gasteiger partial charge in [-0.3, -0.25) is 4.79 Å². The van der Waals surface area contributed by atoms with Gasteiger partial charge in [0.25, 0.3) is 0 Å². The zero-order valence-corrected chi connectivity index (χ0v) is 11.4. The van der Waals surface area contributed by atoms with E-state index in [9.17, 15) is 9.90 Å². The topological polar surface area (TPSA) is 46.5 Å². The number of para-hydroxylation sites is 1. The standard InChI is InChI=1S/C17H18O3/c1-13(20-15-10-6-3-7-11-15)16(17(18)19)12-14-8-4-2-5-9-14/h2-11,13,16H,12H2,1H3,(H,18,19). The molecule has 0 fully saturated rings. The number of rotatable bonds is 6. The summed E-state index contributed by atoms with van der Waals surface area (Å²) in [4.78, 5) is 11.5. The van der Waals surface area contributed by atoms with Crippen LogP contribution in [0.5, 0.6) is 5.75 Å². The van der Waals surface area contributed by atoms with Gasteiger partial charge in [0.15, 0.2) is 0 Å². The van der Waals surface area contributed by atoms with Crippen LogP contribution in [0.3, 0.4) is 0 Å². The van der Waals surface area contributed by atoms with E-state index in [1.165, 1.54) is 0 Å². The van der Waals surface area contributed by atoms with E-state index in [1.807, 2.05) is 60.7 Å². The Morgan fingerprint density at radius 1 is 1.05 bits per heavy atom. The monoisotopic (exact) mass is 270 g/mol. The number of benzene rings is 2. The van der Waals surface area contributed by atoms with Crippen LogP contribution in [0.15, 0.2) is 60.7 Å². The van der Waals surface area contributed by atoms with E-state index < -0.39 is 18.0 Å². The quantitative estimate of drug-likeness (QED) is 0.875. The van der Waals surface area contributed by atoms with Crippen LogP contribution < -0.4 is 4.74 Å². The van der Waals surface area contributed by atoms with Crippen molar-refractivity contribution in [1.82, 2.24) is 0 Å². The van der Waals surface area contributed by atoms with Crippen molar-refractivity contribution < 1.29 is 14.6 Å². The van der Waals surface area contributed by atoms with Gasteiger partial charge in [-0.2, -0.15) is 0 Å². The minimum absolute atomic E-state index is 0.393. The molecule has 0 saturated heterocycles. The highest BCUT2D eigenvalue weighted by atomic mass is 16.5. The molecule has 2 aromatic rings. The number of aliphatic carboxylic acids is 1. The number of carboxylic acid groups (broad SMARTS) is 1. The van der Waals surface area contributed by atoms with E-state index in [1.54, 1.807) is 6.92 Å². The molecule has 2 atom stereocenters. The fraction of sp³-hybridized carbons (Fsp3) is 0.235. The molecule has 0 aliphatic carbocycles. The van der Waals surface area contributed by atoms with Crippen LogP contribution in [0.2, 0.25) is 0 Å². The van der Waals surface area contributed by atoms with E-state index >= 15 is 0 Å². The van der Waals surface area contributed by atoms with Gasteiger partial charge in [0.1, 0.15) is 11.9 Å². The van der Waals surface area contributed by atoms with Crippen molar-refractivity contribution in [3.05, 3.63) is 66.2 Å². The van der Waals surface area contributed by atoms with E-state index in [2.05, 4.69) is 0 Å². The van der Waals surface area contributed by atoms with Crippen LogP contribution in [-0.4, -0.2) is 17.2 Å². The molecule has 2 rings (SSSR count). The highest BCUT2D eigenvalue weighted by Gasteiger charge is 2.26. The Hall–Kier alpha value is -2.29. The van der Waals surface area contributed by atoms with Crippen molar-refractivity contribution >= 4 is 5.97 Å². The van der Waals surface area contributed by atoms with Gasteiger partial charge in [-0.15, -0.1) is 0 Å². The summed E-state index contributed by atoms with van der Waals surface area (Å²) in [5.41, 5.74) is 1.00. The number of hydrogen-bond acceptors (Lipinski definition) is 2. The molecule has 0 aliphatic rings. The van der Waals surface area contributed by atoms with Gasteiger partial charge in [0.2, 0.25) is 0 Å². The molecule has 20 heavy (non-hydrogen) atoms. The van der Waals surface area contributed by atoms with E-state index in [-0.39, 0.29) is 0 Å². The summed E-state index contributed by atoms with van der Waals surface area (Å²) in [6.45, 7) is 1.80. The molecule has 0 spiro atoms. The van der Waals surface area contributed by atoms with Crippen LogP contribution in [0.4, 0.5) is 0 Å². The fourth-order valence-electron chi connectivity index (χ4n) is 2.12. The maximum atomic E-state index is 11.5. The van der Waals surface area contributed by atoms with Crippen molar-refractivity contribution in [3.8, 4) is 5.75 Å². The van der Waals surface area contributed by atoms with Crippen molar-refractivity contribution in [2.45, 2.75) is 19.4 Å². The minimum Gasteiger partial charge on any atom is -0.490 e. The van der Waals surface area contributed by atoms with E-state index in [0.717, 1.165) is 5.56 Å². The molecular weight excluding hydrogens is 252 g/mol. The molecular formula is C17H18O3. The molecule has 1 N–H and O–H groups in total. The molecule has 0 aromatic heterocycles. The maximum absolute atomic E-state index is 11.5. The molecule has 2 aromatic carbocycles. The molecule has 2 unspecified atom stereocenters. The van der Waals surface area contributed by atoms with Gasteiger partial charge in [-0.25, -0.2) is 0 Å². The number of hydrogen-bond donors (Lipinski definition) is 1. The SMILES string of the molecule is CC(Oc1ccccc1)C(Cc1ccccc1)C(=O)O. The first kappa shape index (κ1) is 14.1. The van der Waals surface area contributed by atoms with Crippen LogP contribution in [0.1, 0.15) is 12.5 Å². The first-order chi connectivity index (χ1) is 9.66. The molecule has 3 heteroatoms. The second-order valence-electron chi connectivity index (χ2n) is 4.77. The van der Waals surface area contributed by atoms with Gasteiger partial charge >= 0.3 is 5.97 Å². The lowest BCUT2D eigenvalue weighted by Gasteiger charge is -2.21. The smallest absolute Gasteiger partial charge is 0.310 e. The summed E-state index contributed by atoms with van der Waals surface area (Å²) in [5.74, 6) is -0.714. The van der Waals surface area contributed by atoms with Crippen molar-refractivity contribution in [2.24, 2.45) is 5.92 Å². The van der Waals surface area contributed by atoms with Crippen molar-refractivity contribution in [2.75, 3.05) is 0 Å². The Labute approximate surface area is 118 Å². The molecule has 104 valence electrons. The van der Waals surface area contributed by atoms with E-state index in [0.29, 0.717) is 12.2 Å². The third kappa shape index (κ3) is 3.85. The number of carbonyl (C=O) groups is 1. The molecule has 0 bridgehead atoms. The molecule has 0 aliphatic heterocycles. The third-order valence-electron chi connectivity index (χ3n) is 3.25. The Bertz CT molecular complexity index is 537. The molecule has 0 saturated carbocycles. The lowest BCUT2D eigenvalue weighted by molar-refractivity contribution is -0.144. The van der Waals surface area contributed by atoms with Crippen LogP contribution in [0.25, 0.3) is 0 Å². The summed E-state index contributed by atoms with van der Waals surface area (Å²) < 4.78 is 5.73. The predicted octanol–water partition coefficient (Wildman–Crippen LogP) is 3.40. The Morgan fingerprint density at radius 3 is 2.15 bits per heavy atom. The van der Waals surface area contributed by atoms with Gasteiger partial charge in [-0.05, 0) is 31.0 Å². The number of ether oxygens (including phenoxy) is 1. The summed E-state index contributed by atoms with van der Waals surface area (Å²) in [7, 11) is 0. The maximum Gasteiger partial charge on any atom is 0.310 e. The van der Waals surface area contributed by atoms with Crippen molar-refractivity contribution in [3.63, 3.8) is 0 Å². The third-order valence-corrected chi connectivity index (χ3v) is 3.25. The lowest BCUT2D eigenvalue weighted by Crippen LogP contribution is -2.32. The Kier molecular flexibility index (Phi) is 4.77. The Balaban J connectivity index is 2.06. The first-order valence-electron chi connectivity index (χ1n) is 6.65. The van der Waals surface area contributed by atoms with Gasteiger partial charge in [-0.1, -0.05) is 48.5 Å². The first-order valence-corrected chi connectivity index (χ1v) is 6.65. The van der Waals surface area contributed by atoms with Crippen molar-refractivity contribution in [1.29, 1.82) is 0 Å². The highest BCUT2D eigenvalue weighted by Crippen LogP contribution is 2.19. The van der Waals surface area contributed by atoms with Crippen LogP contribution >= 0.6 is 0 Å². The zero-order chi connectivity index (χ0) is 14.4. The van der Waals surface area contributed by atoms with Gasteiger partial charge in [0, 0.05) is 0 Å². The average molecular weight is 270 g/mol. The average Bonchev–Trinajstić information content (AvgIpc) is 2.46. The highest BCUT2D eigenvalue weighted by molar-refractivity contribution is 5.71. The van der Waals surface area contributed by atoms with Gasteiger partial charge < -0.3 is 9.84 Å². The molecule has 0 heterocycles. The second kappa shape index (κ2) is 6.75. The normalized spacial score (nSPS) is 13.4. The summed E-state index contributed by atoms with van der Waals surface area (Å²) in [6.07, 6.45) is 0.0691. The number of carboxylic acids is 1. The summed E-state index contributed by atoms with van der Waals surface area (Å²) >= 11 is 0. The minimum atomic E-state index is -0.836. The summed E-state index contributed by atoms with van der Waals surface area (Å²) in [6, 6.07) is 18.9. The lowest BCUT2D eigenvalue weighted by atomic mass is 9.95. The zero-order valence-electron chi connectivity index (χ0n) is 11.4.